The van der Waals surface area contributed by atoms with Crippen molar-refractivity contribution < 1.29 is 0 Å². The lowest BCUT2D eigenvalue weighted by Crippen LogP contribution is -2.21. The lowest BCUT2D eigenvalue weighted by atomic mass is 10.1. The van der Waals surface area contributed by atoms with Crippen LogP contribution in [0.3, 0.4) is 0 Å². The second kappa shape index (κ2) is 4.61. The molecular weight excluding hydrogens is 228 g/mol. The fourth-order valence-electron chi connectivity index (χ4n) is 0.904. The third kappa shape index (κ3) is 2.99. The molecule has 1 N–H and O–H groups in total. The van der Waals surface area contributed by atoms with E-state index in [9.17, 15) is 0 Å². The van der Waals surface area contributed by atoms with Crippen molar-refractivity contribution in [3.63, 3.8) is 0 Å². The van der Waals surface area contributed by atoms with Crippen LogP contribution in [0.15, 0.2) is 22.9 Å². The van der Waals surface area contributed by atoms with E-state index in [1.54, 1.807) is 12.4 Å². The molecule has 0 aromatic carbocycles. The van der Waals surface area contributed by atoms with Crippen LogP contribution in [0.2, 0.25) is 0 Å². The van der Waals surface area contributed by atoms with Gasteiger partial charge in [-0.2, -0.15) is 0 Å². The molecule has 13 heavy (non-hydrogen) atoms. The van der Waals surface area contributed by atoms with Crippen molar-refractivity contribution in [2.24, 2.45) is 5.92 Å². The van der Waals surface area contributed by atoms with Gasteiger partial charge in [-0.05, 0) is 34.8 Å². The van der Waals surface area contributed by atoms with E-state index in [-0.39, 0.29) is 0 Å². The van der Waals surface area contributed by atoms with E-state index in [1.807, 2.05) is 6.07 Å². The molecule has 0 bridgehead atoms. The Morgan fingerprint density at radius 2 is 2.08 bits per heavy atom. The molecule has 1 aromatic heterocycles. The minimum absolute atomic E-state index is 0.471. The summed E-state index contributed by atoms with van der Waals surface area (Å²) in [5.41, 5.74) is 1.11. The van der Waals surface area contributed by atoms with Crippen molar-refractivity contribution >= 4 is 21.6 Å². The zero-order chi connectivity index (χ0) is 9.84. The molecule has 0 amide bonds. The number of hydrogen-bond donors (Lipinski definition) is 1. The zero-order valence-corrected chi connectivity index (χ0v) is 9.80. The fraction of sp³-hybridized carbons (Fsp3) is 0.500. The van der Waals surface area contributed by atoms with Crippen LogP contribution in [0.5, 0.6) is 0 Å². The summed E-state index contributed by atoms with van der Waals surface area (Å²) >= 11 is 3.45. The SMILES string of the molecule is CC(C)C(C)Nc1ccncc1Br. The molecule has 0 fully saturated rings. The number of nitrogens with zero attached hydrogens (tertiary/aromatic N) is 1. The maximum atomic E-state index is 4.01. The van der Waals surface area contributed by atoms with Crippen molar-refractivity contribution in [1.82, 2.24) is 4.98 Å². The van der Waals surface area contributed by atoms with E-state index in [0.29, 0.717) is 12.0 Å². The van der Waals surface area contributed by atoms with Crippen LogP contribution in [-0.2, 0) is 0 Å². The monoisotopic (exact) mass is 242 g/mol. The van der Waals surface area contributed by atoms with Crippen molar-refractivity contribution in [3.05, 3.63) is 22.9 Å². The Hall–Kier alpha value is -0.570. The van der Waals surface area contributed by atoms with Crippen LogP contribution in [0.1, 0.15) is 20.8 Å². The molecule has 0 aliphatic rings. The number of halogens is 1. The average Bonchev–Trinajstić information content (AvgIpc) is 2.08. The van der Waals surface area contributed by atoms with Gasteiger partial charge in [0.2, 0.25) is 0 Å². The van der Waals surface area contributed by atoms with Gasteiger partial charge in [-0.15, -0.1) is 0 Å². The molecule has 0 saturated carbocycles. The standard InChI is InChI=1S/C10H15BrN2/c1-7(2)8(3)13-10-4-5-12-6-9(10)11/h4-8H,1-3H3,(H,12,13). The van der Waals surface area contributed by atoms with Gasteiger partial charge in [-0.1, -0.05) is 13.8 Å². The molecular formula is C10H15BrN2. The molecule has 1 heterocycles. The van der Waals surface area contributed by atoms with E-state index < -0.39 is 0 Å². The van der Waals surface area contributed by atoms with Gasteiger partial charge in [0, 0.05) is 18.4 Å². The molecule has 1 rings (SSSR count). The van der Waals surface area contributed by atoms with Gasteiger partial charge in [0.15, 0.2) is 0 Å². The Balaban J connectivity index is 2.69. The number of nitrogens with one attached hydrogen (secondary N) is 1. The van der Waals surface area contributed by atoms with Crippen LogP contribution >= 0.6 is 15.9 Å². The minimum Gasteiger partial charge on any atom is -0.381 e. The first-order valence-corrected chi connectivity index (χ1v) is 5.26. The van der Waals surface area contributed by atoms with Crippen LogP contribution in [0.25, 0.3) is 0 Å². The lowest BCUT2D eigenvalue weighted by molar-refractivity contribution is 0.560. The second-order valence-electron chi connectivity index (χ2n) is 3.53. The summed E-state index contributed by atoms with van der Waals surface area (Å²) < 4.78 is 1.02. The summed E-state index contributed by atoms with van der Waals surface area (Å²) in [4.78, 5) is 4.01. The third-order valence-electron chi connectivity index (χ3n) is 2.16. The van der Waals surface area contributed by atoms with E-state index in [2.05, 4.69) is 47.0 Å². The Kier molecular flexibility index (Phi) is 3.72. The van der Waals surface area contributed by atoms with E-state index >= 15 is 0 Å². The third-order valence-corrected chi connectivity index (χ3v) is 2.79. The Morgan fingerprint density at radius 1 is 1.38 bits per heavy atom. The zero-order valence-electron chi connectivity index (χ0n) is 8.21. The van der Waals surface area contributed by atoms with Crippen molar-refractivity contribution in [2.75, 3.05) is 5.32 Å². The van der Waals surface area contributed by atoms with E-state index in [0.717, 1.165) is 10.2 Å². The molecule has 0 spiro atoms. The molecule has 1 atom stereocenters. The molecule has 0 radical (unpaired) electrons. The molecule has 1 aromatic rings. The molecule has 1 unspecified atom stereocenters. The highest BCUT2D eigenvalue weighted by atomic mass is 79.9. The first kappa shape index (κ1) is 10.5. The second-order valence-corrected chi connectivity index (χ2v) is 4.39. The predicted octanol–water partition coefficient (Wildman–Crippen LogP) is 3.30. The summed E-state index contributed by atoms with van der Waals surface area (Å²) in [5.74, 6) is 0.625. The number of rotatable bonds is 3. The van der Waals surface area contributed by atoms with E-state index in [4.69, 9.17) is 0 Å². The molecule has 0 aliphatic heterocycles. The highest BCUT2D eigenvalue weighted by Gasteiger charge is 2.07. The van der Waals surface area contributed by atoms with Crippen LogP contribution in [0, 0.1) is 5.92 Å². The molecule has 0 aliphatic carbocycles. The van der Waals surface area contributed by atoms with Crippen LogP contribution in [0.4, 0.5) is 5.69 Å². The van der Waals surface area contributed by atoms with Crippen molar-refractivity contribution in [1.29, 1.82) is 0 Å². The maximum Gasteiger partial charge on any atom is 0.0590 e. The average molecular weight is 243 g/mol. The minimum atomic E-state index is 0.471. The highest BCUT2D eigenvalue weighted by Crippen LogP contribution is 2.21. The largest absolute Gasteiger partial charge is 0.381 e. The number of anilines is 1. The Bertz CT molecular complexity index is 273. The summed E-state index contributed by atoms with van der Waals surface area (Å²) in [6.45, 7) is 6.58. The van der Waals surface area contributed by atoms with Gasteiger partial charge in [-0.25, -0.2) is 0 Å². The topological polar surface area (TPSA) is 24.9 Å². The number of pyridine rings is 1. The first-order valence-electron chi connectivity index (χ1n) is 4.47. The lowest BCUT2D eigenvalue weighted by Gasteiger charge is -2.19. The van der Waals surface area contributed by atoms with Crippen LogP contribution < -0.4 is 5.32 Å². The highest BCUT2D eigenvalue weighted by molar-refractivity contribution is 9.10. The van der Waals surface area contributed by atoms with Gasteiger partial charge in [0.05, 0.1) is 10.2 Å². The Morgan fingerprint density at radius 3 is 2.62 bits per heavy atom. The van der Waals surface area contributed by atoms with Gasteiger partial charge < -0.3 is 5.32 Å². The molecule has 2 nitrogen and oxygen atoms in total. The van der Waals surface area contributed by atoms with Gasteiger partial charge in [0.25, 0.3) is 0 Å². The van der Waals surface area contributed by atoms with Gasteiger partial charge >= 0.3 is 0 Å². The normalized spacial score (nSPS) is 13.0. The maximum absolute atomic E-state index is 4.01. The summed E-state index contributed by atoms with van der Waals surface area (Å²) in [6, 6.07) is 2.45. The molecule has 72 valence electrons. The summed E-state index contributed by atoms with van der Waals surface area (Å²) in [6.07, 6.45) is 3.59. The predicted molar refractivity (Wildman–Crippen MR) is 59.9 cm³/mol. The van der Waals surface area contributed by atoms with Gasteiger partial charge in [0.1, 0.15) is 0 Å². The van der Waals surface area contributed by atoms with E-state index in [1.165, 1.54) is 0 Å². The smallest absolute Gasteiger partial charge is 0.0590 e. The quantitative estimate of drug-likeness (QED) is 0.880. The summed E-state index contributed by atoms with van der Waals surface area (Å²) in [7, 11) is 0. The number of hydrogen-bond acceptors (Lipinski definition) is 2. The van der Waals surface area contributed by atoms with Crippen molar-refractivity contribution in [3.8, 4) is 0 Å². The van der Waals surface area contributed by atoms with Crippen molar-refractivity contribution in [2.45, 2.75) is 26.8 Å². The Labute approximate surface area is 87.9 Å². The van der Waals surface area contributed by atoms with Crippen LogP contribution in [-0.4, -0.2) is 11.0 Å². The molecule has 0 saturated heterocycles. The summed E-state index contributed by atoms with van der Waals surface area (Å²) in [5, 5.41) is 3.42. The number of aromatic nitrogens is 1. The fourth-order valence-corrected chi connectivity index (χ4v) is 1.27. The molecule has 3 heteroatoms. The van der Waals surface area contributed by atoms with Gasteiger partial charge in [-0.3, -0.25) is 4.98 Å². The first-order chi connectivity index (χ1) is 6.11.